The number of aromatic amines is 1. The molecule has 0 fully saturated rings. The maximum absolute atomic E-state index is 12.1. The Morgan fingerprint density at radius 2 is 1.92 bits per heavy atom. The van der Waals surface area contributed by atoms with Gasteiger partial charge in [-0.05, 0) is 19.9 Å². The number of aryl methyl sites for hydroxylation is 2. The first-order valence-electron chi connectivity index (χ1n) is 3.73. The summed E-state index contributed by atoms with van der Waals surface area (Å²) in [5.74, 6) is 0. The van der Waals surface area contributed by atoms with Gasteiger partial charge in [-0.15, -0.1) is 0 Å². The van der Waals surface area contributed by atoms with E-state index in [0.29, 0.717) is 11.4 Å². The minimum Gasteiger partial charge on any atom is -0.379 e. The third-order valence-corrected chi connectivity index (χ3v) is 1.79. The monoisotopic (exact) mass is 193 g/mol. The molecule has 0 spiro atoms. The van der Waals surface area contributed by atoms with Crippen molar-refractivity contribution < 1.29 is 18.3 Å². The molecule has 0 bridgehead atoms. The number of nitrogens with one attached hydrogen (secondary N) is 1. The maximum Gasteiger partial charge on any atom is 0.418 e. The van der Waals surface area contributed by atoms with Crippen molar-refractivity contribution in [2.24, 2.45) is 0 Å². The lowest BCUT2D eigenvalue weighted by Gasteiger charge is -2.13. The molecule has 1 unspecified atom stereocenters. The Bertz CT molecular complexity index is 303. The van der Waals surface area contributed by atoms with Gasteiger partial charge in [-0.25, -0.2) is 0 Å². The summed E-state index contributed by atoms with van der Waals surface area (Å²) < 4.78 is 36.2. The number of aromatic nitrogens is 1. The summed E-state index contributed by atoms with van der Waals surface area (Å²) in [4.78, 5) is 2.70. The predicted octanol–water partition coefficient (Wildman–Crippen LogP) is 2.23. The Morgan fingerprint density at radius 3 is 2.23 bits per heavy atom. The molecule has 0 aliphatic rings. The molecule has 0 saturated carbocycles. The van der Waals surface area contributed by atoms with Gasteiger partial charge in [0.15, 0.2) is 6.10 Å². The van der Waals surface area contributed by atoms with Crippen LogP contribution in [-0.2, 0) is 0 Å². The molecule has 0 aromatic carbocycles. The Kier molecular flexibility index (Phi) is 2.38. The molecule has 2 nitrogen and oxygen atoms in total. The first-order chi connectivity index (χ1) is 5.82. The summed E-state index contributed by atoms with van der Waals surface area (Å²) in [6.07, 6.45) is -6.99. The van der Waals surface area contributed by atoms with Crippen LogP contribution in [0.2, 0.25) is 0 Å². The standard InChI is InChI=1S/C8H10F3NO/c1-4-3-6(5(2)12-4)7(13)8(9,10)11/h3,7,12-13H,1-2H3. The van der Waals surface area contributed by atoms with Crippen molar-refractivity contribution >= 4 is 0 Å². The van der Waals surface area contributed by atoms with Crippen LogP contribution in [-0.4, -0.2) is 16.3 Å². The Balaban J connectivity index is 3.01. The SMILES string of the molecule is Cc1cc(C(O)C(F)(F)F)c(C)[nH]1. The van der Waals surface area contributed by atoms with Crippen LogP contribution in [0.4, 0.5) is 13.2 Å². The van der Waals surface area contributed by atoms with Gasteiger partial charge in [0, 0.05) is 17.0 Å². The lowest BCUT2D eigenvalue weighted by atomic mass is 10.1. The van der Waals surface area contributed by atoms with Gasteiger partial charge in [-0.3, -0.25) is 0 Å². The number of hydrogen-bond acceptors (Lipinski definition) is 1. The van der Waals surface area contributed by atoms with E-state index in [2.05, 4.69) is 4.98 Å². The number of aliphatic hydroxyl groups excluding tert-OH is 1. The van der Waals surface area contributed by atoms with Crippen LogP contribution >= 0.6 is 0 Å². The van der Waals surface area contributed by atoms with Crippen LogP contribution < -0.4 is 0 Å². The molecule has 0 amide bonds. The van der Waals surface area contributed by atoms with E-state index < -0.39 is 12.3 Å². The fraction of sp³-hybridized carbons (Fsp3) is 0.500. The summed E-state index contributed by atoms with van der Waals surface area (Å²) in [5.41, 5.74) is 0.850. The van der Waals surface area contributed by atoms with Gasteiger partial charge in [0.05, 0.1) is 0 Å². The molecule has 1 aromatic rings. The zero-order chi connectivity index (χ0) is 10.2. The summed E-state index contributed by atoms with van der Waals surface area (Å²) in [6, 6.07) is 1.30. The molecule has 74 valence electrons. The molecule has 1 rings (SSSR count). The largest absolute Gasteiger partial charge is 0.418 e. The lowest BCUT2D eigenvalue weighted by molar-refractivity contribution is -0.206. The summed E-state index contributed by atoms with van der Waals surface area (Å²) in [6.45, 7) is 3.14. The van der Waals surface area contributed by atoms with Crippen molar-refractivity contribution in [2.45, 2.75) is 26.1 Å². The first kappa shape index (κ1) is 10.1. The third-order valence-electron chi connectivity index (χ3n) is 1.79. The van der Waals surface area contributed by atoms with Crippen molar-refractivity contribution in [3.63, 3.8) is 0 Å². The van der Waals surface area contributed by atoms with Gasteiger partial charge >= 0.3 is 6.18 Å². The van der Waals surface area contributed by atoms with Crippen molar-refractivity contribution in [2.75, 3.05) is 0 Å². The fourth-order valence-corrected chi connectivity index (χ4v) is 1.21. The van der Waals surface area contributed by atoms with E-state index in [4.69, 9.17) is 5.11 Å². The van der Waals surface area contributed by atoms with Crippen molar-refractivity contribution in [3.8, 4) is 0 Å². The number of alkyl halides is 3. The number of hydrogen-bond donors (Lipinski definition) is 2. The molecule has 2 N–H and O–H groups in total. The second-order valence-electron chi connectivity index (χ2n) is 2.98. The highest BCUT2D eigenvalue weighted by Crippen LogP contribution is 2.34. The van der Waals surface area contributed by atoms with E-state index in [-0.39, 0.29) is 5.56 Å². The second-order valence-corrected chi connectivity index (χ2v) is 2.98. The highest BCUT2D eigenvalue weighted by molar-refractivity contribution is 5.27. The van der Waals surface area contributed by atoms with E-state index in [1.807, 2.05) is 0 Å². The Morgan fingerprint density at radius 1 is 1.38 bits per heavy atom. The van der Waals surface area contributed by atoms with Crippen molar-refractivity contribution in [3.05, 3.63) is 23.0 Å². The van der Waals surface area contributed by atoms with Gasteiger partial charge < -0.3 is 10.1 Å². The van der Waals surface area contributed by atoms with Crippen LogP contribution in [0, 0.1) is 13.8 Å². The molecule has 1 heterocycles. The molecular weight excluding hydrogens is 183 g/mol. The van der Waals surface area contributed by atoms with Crippen LogP contribution in [0.5, 0.6) is 0 Å². The molecule has 1 atom stereocenters. The average Bonchev–Trinajstić information content (AvgIpc) is 2.26. The molecule has 1 aromatic heterocycles. The van der Waals surface area contributed by atoms with Crippen molar-refractivity contribution in [1.29, 1.82) is 0 Å². The zero-order valence-corrected chi connectivity index (χ0v) is 7.24. The fourth-order valence-electron chi connectivity index (χ4n) is 1.21. The molecular formula is C8H10F3NO. The highest BCUT2D eigenvalue weighted by Gasteiger charge is 2.40. The molecule has 0 saturated heterocycles. The van der Waals surface area contributed by atoms with Crippen LogP contribution in [0.25, 0.3) is 0 Å². The minimum absolute atomic E-state index is 0.106. The van der Waals surface area contributed by atoms with Gasteiger partial charge in [0.1, 0.15) is 0 Å². The molecule has 13 heavy (non-hydrogen) atoms. The second kappa shape index (κ2) is 3.06. The average molecular weight is 193 g/mol. The molecule has 0 aliphatic carbocycles. The Labute approximate surface area is 73.4 Å². The minimum atomic E-state index is -4.60. The van der Waals surface area contributed by atoms with E-state index in [0.717, 1.165) is 0 Å². The number of aliphatic hydroxyl groups is 1. The van der Waals surface area contributed by atoms with Crippen molar-refractivity contribution in [1.82, 2.24) is 4.98 Å². The van der Waals surface area contributed by atoms with E-state index in [1.165, 1.54) is 13.0 Å². The molecule has 0 radical (unpaired) electrons. The topological polar surface area (TPSA) is 36.0 Å². The number of halogens is 3. The van der Waals surface area contributed by atoms with Crippen LogP contribution in [0.3, 0.4) is 0 Å². The van der Waals surface area contributed by atoms with E-state index in [9.17, 15) is 13.2 Å². The smallest absolute Gasteiger partial charge is 0.379 e. The molecule has 0 aliphatic heterocycles. The highest BCUT2D eigenvalue weighted by atomic mass is 19.4. The van der Waals surface area contributed by atoms with E-state index in [1.54, 1.807) is 6.92 Å². The van der Waals surface area contributed by atoms with Gasteiger partial charge in [0.2, 0.25) is 0 Å². The number of rotatable bonds is 1. The summed E-state index contributed by atoms with van der Waals surface area (Å²) >= 11 is 0. The first-order valence-corrected chi connectivity index (χ1v) is 3.73. The summed E-state index contributed by atoms with van der Waals surface area (Å²) in [7, 11) is 0. The number of H-pyrrole nitrogens is 1. The summed E-state index contributed by atoms with van der Waals surface area (Å²) in [5, 5.41) is 8.91. The van der Waals surface area contributed by atoms with E-state index >= 15 is 0 Å². The lowest BCUT2D eigenvalue weighted by Crippen LogP contribution is -2.20. The Hall–Kier alpha value is -0.970. The van der Waals surface area contributed by atoms with Gasteiger partial charge in [0.25, 0.3) is 0 Å². The zero-order valence-electron chi connectivity index (χ0n) is 7.24. The normalized spacial score (nSPS) is 14.6. The van der Waals surface area contributed by atoms with Gasteiger partial charge in [-0.1, -0.05) is 0 Å². The van der Waals surface area contributed by atoms with Crippen LogP contribution in [0.1, 0.15) is 23.1 Å². The quantitative estimate of drug-likeness (QED) is 0.704. The predicted molar refractivity (Wildman–Crippen MR) is 41.3 cm³/mol. The van der Waals surface area contributed by atoms with Crippen LogP contribution in [0.15, 0.2) is 6.07 Å². The maximum atomic E-state index is 12.1. The third kappa shape index (κ3) is 2.03. The molecule has 5 heteroatoms. The van der Waals surface area contributed by atoms with Gasteiger partial charge in [-0.2, -0.15) is 13.2 Å².